The molecule has 0 saturated carbocycles. The fraction of sp³-hybridized carbons (Fsp3) is 0.917. The standard InChI is InChI=1S/C12H24N2O4S/c1-4-13(10-7-12(15)18-3)19(16,17)14-8-5-11(2)6-9-14/h11H,4-10H2,1-3H3. The van der Waals surface area contributed by atoms with Crippen LogP contribution in [-0.4, -0.2) is 56.3 Å². The Bertz CT molecular complexity index is 389. The number of nitrogens with zero attached hydrogens (tertiary/aromatic N) is 2. The molecule has 0 atom stereocenters. The average Bonchev–Trinajstić information content (AvgIpc) is 2.39. The molecule has 0 radical (unpaired) electrons. The summed E-state index contributed by atoms with van der Waals surface area (Å²) in [6, 6.07) is 0. The van der Waals surface area contributed by atoms with Crippen molar-refractivity contribution >= 4 is 16.2 Å². The zero-order chi connectivity index (χ0) is 14.5. The topological polar surface area (TPSA) is 66.9 Å². The number of hydrogen-bond acceptors (Lipinski definition) is 4. The van der Waals surface area contributed by atoms with E-state index >= 15 is 0 Å². The van der Waals surface area contributed by atoms with Gasteiger partial charge in [-0.15, -0.1) is 0 Å². The van der Waals surface area contributed by atoms with Crippen molar-refractivity contribution in [2.75, 3.05) is 33.3 Å². The second-order valence-corrected chi connectivity index (χ2v) is 6.84. The van der Waals surface area contributed by atoms with Gasteiger partial charge >= 0.3 is 5.97 Å². The van der Waals surface area contributed by atoms with Gasteiger partial charge in [0.15, 0.2) is 0 Å². The van der Waals surface area contributed by atoms with Crippen molar-refractivity contribution in [2.45, 2.75) is 33.1 Å². The summed E-state index contributed by atoms with van der Waals surface area (Å²) in [4.78, 5) is 11.1. The largest absolute Gasteiger partial charge is 0.469 e. The molecular formula is C12H24N2O4S. The van der Waals surface area contributed by atoms with Gasteiger partial charge < -0.3 is 4.74 Å². The summed E-state index contributed by atoms with van der Waals surface area (Å²) in [5.41, 5.74) is 0. The maximum absolute atomic E-state index is 12.4. The Labute approximate surface area is 115 Å². The van der Waals surface area contributed by atoms with Gasteiger partial charge in [-0.05, 0) is 18.8 Å². The first-order chi connectivity index (χ1) is 8.91. The van der Waals surface area contributed by atoms with E-state index in [1.807, 2.05) is 0 Å². The summed E-state index contributed by atoms with van der Waals surface area (Å²) >= 11 is 0. The monoisotopic (exact) mass is 292 g/mol. The normalized spacial score (nSPS) is 18.7. The summed E-state index contributed by atoms with van der Waals surface area (Å²) in [6.07, 6.45) is 1.88. The second-order valence-electron chi connectivity index (χ2n) is 4.91. The van der Waals surface area contributed by atoms with Crippen LogP contribution in [0.3, 0.4) is 0 Å². The molecule has 1 fully saturated rings. The Kier molecular flexibility index (Phi) is 6.22. The van der Waals surface area contributed by atoms with Gasteiger partial charge in [0.25, 0.3) is 10.2 Å². The Hall–Kier alpha value is -0.660. The van der Waals surface area contributed by atoms with E-state index in [1.54, 1.807) is 6.92 Å². The number of ether oxygens (including phenoxy) is 1. The Morgan fingerprint density at radius 3 is 2.42 bits per heavy atom. The summed E-state index contributed by atoms with van der Waals surface area (Å²) in [5.74, 6) is 0.192. The van der Waals surface area contributed by atoms with Gasteiger partial charge in [-0.1, -0.05) is 13.8 Å². The number of esters is 1. The summed E-state index contributed by atoms with van der Waals surface area (Å²) in [7, 11) is -2.14. The molecule has 1 aliphatic rings. The number of rotatable bonds is 6. The van der Waals surface area contributed by atoms with Gasteiger partial charge in [0, 0.05) is 26.2 Å². The predicted molar refractivity (Wildman–Crippen MR) is 72.8 cm³/mol. The number of methoxy groups -OCH3 is 1. The lowest BCUT2D eigenvalue weighted by Crippen LogP contribution is -2.47. The molecule has 112 valence electrons. The Morgan fingerprint density at radius 1 is 1.37 bits per heavy atom. The van der Waals surface area contributed by atoms with Crippen LogP contribution in [0.2, 0.25) is 0 Å². The fourth-order valence-corrected chi connectivity index (χ4v) is 3.78. The van der Waals surface area contributed by atoms with Crippen LogP contribution in [0.25, 0.3) is 0 Å². The van der Waals surface area contributed by atoms with Gasteiger partial charge in [0.05, 0.1) is 13.5 Å². The minimum absolute atomic E-state index is 0.0911. The number of hydrogen-bond donors (Lipinski definition) is 0. The molecule has 19 heavy (non-hydrogen) atoms. The first-order valence-corrected chi connectivity index (χ1v) is 8.13. The molecule has 1 aliphatic heterocycles. The maximum atomic E-state index is 12.4. The van der Waals surface area contributed by atoms with Crippen LogP contribution in [0, 0.1) is 5.92 Å². The summed E-state index contributed by atoms with van der Waals surface area (Å²) in [6.45, 7) is 5.60. The smallest absolute Gasteiger partial charge is 0.306 e. The highest BCUT2D eigenvalue weighted by Gasteiger charge is 2.31. The molecule has 1 saturated heterocycles. The van der Waals surface area contributed by atoms with Crippen molar-refractivity contribution in [3.05, 3.63) is 0 Å². The molecule has 1 heterocycles. The van der Waals surface area contributed by atoms with Crippen LogP contribution < -0.4 is 0 Å². The molecule has 0 amide bonds. The van der Waals surface area contributed by atoms with Gasteiger partial charge in [-0.2, -0.15) is 17.0 Å². The van der Waals surface area contributed by atoms with Gasteiger partial charge in [0.1, 0.15) is 0 Å². The van der Waals surface area contributed by atoms with Gasteiger partial charge in [-0.25, -0.2) is 0 Å². The van der Waals surface area contributed by atoms with E-state index in [0.29, 0.717) is 25.6 Å². The van der Waals surface area contributed by atoms with E-state index in [2.05, 4.69) is 11.7 Å². The second kappa shape index (κ2) is 7.21. The van der Waals surface area contributed by atoms with Gasteiger partial charge in [0.2, 0.25) is 0 Å². The molecule has 7 heteroatoms. The lowest BCUT2D eigenvalue weighted by molar-refractivity contribution is -0.140. The van der Waals surface area contributed by atoms with Crippen LogP contribution in [-0.2, 0) is 19.7 Å². The highest BCUT2D eigenvalue weighted by molar-refractivity contribution is 7.86. The summed E-state index contributed by atoms with van der Waals surface area (Å²) in [5, 5.41) is 0. The van der Waals surface area contributed by atoms with E-state index in [-0.39, 0.29) is 18.9 Å². The molecular weight excluding hydrogens is 268 g/mol. The number of carbonyl (C=O) groups is 1. The zero-order valence-corrected chi connectivity index (χ0v) is 12.8. The lowest BCUT2D eigenvalue weighted by atomic mass is 10.0. The van der Waals surface area contributed by atoms with Crippen molar-refractivity contribution in [1.82, 2.24) is 8.61 Å². The van der Waals surface area contributed by atoms with Gasteiger partial charge in [-0.3, -0.25) is 4.79 Å². The predicted octanol–water partition coefficient (Wildman–Crippen LogP) is 0.848. The Morgan fingerprint density at radius 2 is 1.95 bits per heavy atom. The third-order valence-electron chi connectivity index (χ3n) is 3.54. The third-order valence-corrected chi connectivity index (χ3v) is 5.65. The average molecular weight is 292 g/mol. The van der Waals surface area contributed by atoms with Crippen molar-refractivity contribution in [3.63, 3.8) is 0 Å². The van der Waals surface area contributed by atoms with E-state index in [1.165, 1.54) is 15.7 Å². The Balaban J connectivity index is 2.64. The summed E-state index contributed by atoms with van der Waals surface area (Å²) < 4.78 is 32.3. The first-order valence-electron chi connectivity index (χ1n) is 6.73. The van der Waals surface area contributed by atoms with Crippen LogP contribution in [0.1, 0.15) is 33.1 Å². The van der Waals surface area contributed by atoms with E-state index in [4.69, 9.17) is 0 Å². The van der Waals surface area contributed by atoms with E-state index in [0.717, 1.165) is 12.8 Å². The molecule has 0 spiro atoms. The quantitative estimate of drug-likeness (QED) is 0.681. The molecule has 0 N–H and O–H groups in total. The molecule has 0 aliphatic carbocycles. The maximum Gasteiger partial charge on any atom is 0.306 e. The molecule has 0 bridgehead atoms. The van der Waals surface area contributed by atoms with E-state index in [9.17, 15) is 13.2 Å². The van der Waals surface area contributed by atoms with E-state index < -0.39 is 10.2 Å². The van der Waals surface area contributed by atoms with Crippen molar-refractivity contribution in [3.8, 4) is 0 Å². The van der Waals surface area contributed by atoms with Crippen LogP contribution >= 0.6 is 0 Å². The first kappa shape index (κ1) is 16.4. The highest BCUT2D eigenvalue weighted by atomic mass is 32.2. The minimum Gasteiger partial charge on any atom is -0.469 e. The van der Waals surface area contributed by atoms with Crippen molar-refractivity contribution < 1.29 is 17.9 Å². The molecule has 0 aromatic heterocycles. The fourth-order valence-electron chi connectivity index (χ4n) is 2.13. The molecule has 0 unspecified atom stereocenters. The SMILES string of the molecule is CCN(CCC(=O)OC)S(=O)(=O)N1CCC(C)CC1. The van der Waals surface area contributed by atoms with Crippen molar-refractivity contribution in [2.24, 2.45) is 5.92 Å². The molecule has 0 aromatic carbocycles. The third kappa shape index (κ3) is 4.43. The molecule has 1 rings (SSSR count). The van der Waals surface area contributed by atoms with Crippen LogP contribution in [0.15, 0.2) is 0 Å². The van der Waals surface area contributed by atoms with Crippen molar-refractivity contribution in [1.29, 1.82) is 0 Å². The number of piperidine rings is 1. The minimum atomic E-state index is -3.44. The molecule has 0 aromatic rings. The lowest BCUT2D eigenvalue weighted by Gasteiger charge is -2.33. The zero-order valence-electron chi connectivity index (χ0n) is 12.0. The van der Waals surface area contributed by atoms with Crippen LogP contribution in [0.5, 0.6) is 0 Å². The highest BCUT2D eigenvalue weighted by Crippen LogP contribution is 2.20. The molecule has 6 nitrogen and oxygen atoms in total. The van der Waals surface area contributed by atoms with Crippen LogP contribution in [0.4, 0.5) is 0 Å². The number of carbonyl (C=O) groups excluding carboxylic acids is 1.